The summed E-state index contributed by atoms with van der Waals surface area (Å²) >= 11 is 0. The molecule has 3 rings (SSSR count). The number of pyridine rings is 1. The van der Waals surface area contributed by atoms with Crippen molar-refractivity contribution in [2.24, 2.45) is 0 Å². The first-order chi connectivity index (χ1) is 10.0. The summed E-state index contributed by atoms with van der Waals surface area (Å²) in [7, 11) is 0. The first kappa shape index (κ1) is 14.0. The number of H-pyrrole nitrogens is 1. The van der Waals surface area contributed by atoms with Crippen molar-refractivity contribution in [2.75, 3.05) is 18.0 Å². The average molecular weight is 296 g/mol. The van der Waals surface area contributed by atoms with Crippen LogP contribution in [0.2, 0.25) is 0 Å². The Morgan fingerprint density at radius 2 is 1.71 bits per heavy atom. The molecule has 0 amide bonds. The van der Waals surface area contributed by atoms with E-state index in [-0.39, 0.29) is 0 Å². The Morgan fingerprint density at radius 1 is 1.05 bits per heavy atom. The number of rotatable bonds is 2. The number of piperidine rings is 1. The molecule has 0 aromatic carbocycles. The van der Waals surface area contributed by atoms with E-state index >= 15 is 0 Å². The van der Waals surface area contributed by atoms with Gasteiger partial charge in [-0.1, -0.05) is 0 Å². The number of anilines is 1. The second kappa shape index (κ2) is 5.42. The first-order valence-corrected chi connectivity index (χ1v) is 7.00. The predicted molar refractivity (Wildman–Crippen MR) is 72.9 cm³/mol. The topological polar surface area (TPSA) is 22.3 Å². The van der Waals surface area contributed by atoms with Gasteiger partial charge in [0.05, 0.1) is 18.7 Å². The van der Waals surface area contributed by atoms with Gasteiger partial charge in [-0.2, -0.15) is 13.2 Å². The van der Waals surface area contributed by atoms with Crippen molar-refractivity contribution >= 4 is 5.82 Å². The number of nitrogens with zero attached hydrogens (tertiary/aromatic N) is 2. The Hall–Kier alpha value is -1.98. The minimum Gasteiger partial charge on any atom is -0.351 e. The predicted octanol–water partition coefficient (Wildman–Crippen LogP) is 3.16. The summed E-state index contributed by atoms with van der Waals surface area (Å²) in [5, 5.41) is 0. The molecule has 2 aromatic heterocycles. The van der Waals surface area contributed by atoms with E-state index in [2.05, 4.69) is 26.8 Å². The molecule has 1 N–H and O–H groups in total. The summed E-state index contributed by atoms with van der Waals surface area (Å²) in [4.78, 5) is 4.86. The highest BCUT2D eigenvalue weighted by molar-refractivity contribution is 5.34. The number of aromatic nitrogens is 2. The quantitative estimate of drug-likeness (QED) is 0.834. The van der Waals surface area contributed by atoms with E-state index < -0.39 is 11.7 Å². The van der Waals surface area contributed by atoms with Crippen LogP contribution in [0.4, 0.5) is 19.0 Å². The van der Waals surface area contributed by atoms with Crippen LogP contribution in [0.1, 0.15) is 24.4 Å². The van der Waals surface area contributed by atoms with Crippen molar-refractivity contribution in [3.63, 3.8) is 0 Å². The van der Waals surface area contributed by atoms with Crippen molar-refractivity contribution in [1.82, 2.24) is 4.57 Å². The molecule has 0 atom stereocenters. The SMILES string of the molecule is FC(F)(F)c1ccc(N2CCC(n3cccc3)CC2)[nH+]c1. The van der Waals surface area contributed by atoms with Crippen molar-refractivity contribution in [3.8, 4) is 0 Å². The third kappa shape index (κ3) is 3.04. The van der Waals surface area contributed by atoms with Crippen molar-refractivity contribution < 1.29 is 18.2 Å². The second-order valence-corrected chi connectivity index (χ2v) is 5.31. The molecule has 0 unspecified atom stereocenters. The molecule has 0 bridgehead atoms. The van der Waals surface area contributed by atoms with Gasteiger partial charge in [-0.05, 0) is 18.2 Å². The normalized spacial score (nSPS) is 17.2. The lowest BCUT2D eigenvalue weighted by Crippen LogP contribution is -2.37. The van der Waals surface area contributed by atoms with E-state index in [9.17, 15) is 13.2 Å². The molecule has 1 aliphatic rings. The van der Waals surface area contributed by atoms with E-state index in [1.54, 1.807) is 0 Å². The Morgan fingerprint density at radius 3 is 2.24 bits per heavy atom. The maximum absolute atomic E-state index is 12.5. The molecule has 3 heterocycles. The Labute approximate surface area is 121 Å². The van der Waals surface area contributed by atoms with E-state index in [1.807, 2.05) is 12.1 Å². The number of nitrogens with one attached hydrogen (secondary N) is 1. The van der Waals surface area contributed by atoms with Crippen molar-refractivity contribution in [2.45, 2.75) is 25.1 Å². The summed E-state index contributed by atoms with van der Waals surface area (Å²) in [6.45, 7) is 1.68. The van der Waals surface area contributed by atoms with Crippen molar-refractivity contribution in [3.05, 3.63) is 48.4 Å². The van der Waals surface area contributed by atoms with Crippen LogP contribution in [-0.2, 0) is 6.18 Å². The molecule has 6 heteroatoms. The summed E-state index contributed by atoms with van der Waals surface area (Å²) in [6, 6.07) is 7.14. The molecule has 0 saturated carbocycles. The molecule has 0 spiro atoms. The molecule has 21 heavy (non-hydrogen) atoms. The Kier molecular flexibility index (Phi) is 3.61. The Bertz CT molecular complexity index is 567. The average Bonchev–Trinajstić information content (AvgIpc) is 3.01. The second-order valence-electron chi connectivity index (χ2n) is 5.31. The van der Waals surface area contributed by atoms with E-state index in [1.165, 1.54) is 6.07 Å². The lowest BCUT2D eigenvalue weighted by molar-refractivity contribution is -0.367. The van der Waals surface area contributed by atoms with Gasteiger partial charge in [-0.25, -0.2) is 4.98 Å². The highest BCUT2D eigenvalue weighted by Gasteiger charge is 2.32. The molecule has 3 nitrogen and oxygen atoms in total. The smallest absolute Gasteiger partial charge is 0.351 e. The minimum atomic E-state index is -4.30. The standard InChI is InChI=1S/C15H16F3N3/c16-15(17,18)12-3-4-14(19-11-12)21-9-5-13(6-10-21)20-7-1-2-8-20/h1-4,7-8,11,13H,5-6,9-10H2/p+1. The highest BCUT2D eigenvalue weighted by Crippen LogP contribution is 2.29. The highest BCUT2D eigenvalue weighted by atomic mass is 19.4. The van der Waals surface area contributed by atoms with Gasteiger partial charge in [-0.15, -0.1) is 0 Å². The molecular formula is C15H17F3N3+. The van der Waals surface area contributed by atoms with E-state index in [4.69, 9.17) is 0 Å². The van der Waals surface area contributed by atoms with Gasteiger partial charge in [0.25, 0.3) is 5.82 Å². The number of halogens is 3. The fourth-order valence-corrected chi connectivity index (χ4v) is 2.79. The largest absolute Gasteiger partial charge is 0.419 e. The number of alkyl halides is 3. The van der Waals surface area contributed by atoms with Gasteiger partial charge in [0.2, 0.25) is 0 Å². The summed E-state index contributed by atoms with van der Waals surface area (Å²) < 4.78 is 39.8. The van der Waals surface area contributed by atoms with Gasteiger partial charge in [0.15, 0.2) is 0 Å². The molecule has 1 aliphatic heterocycles. The zero-order valence-corrected chi connectivity index (χ0v) is 11.5. The molecule has 0 radical (unpaired) electrons. The van der Waals surface area contributed by atoms with Crippen LogP contribution < -0.4 is 9.88 Å². The molecule has 1 saturated heterocycles. The fraction of sp³-hybridized carbons (Fsp3) is 0.400. The van der Waals surface area contributed by atoms with Crippen LogP contribution in [0.15, 0.2) is 42.9 Å². The number of aromatic amines is 1. The number of hydrogen-bond acceptors (Lipinski definition) is 1. The lowest BCUT2D eigenvalue weighted by Gasteiger charge is -2.28. The lowest BCUT2D eigenvalue weighted by atomic mass is 10.0. The van der Waals surface area contributed by atoms with Crippen LogP contribution in [0, 0.1) is 0 Å². The van der Waals surface area contributed by atoms with Gasteiger partial charge < -0.3 is 4.57 Å². The van der Waals surface area contributed by atoms with Gasteiger partial charge in [0.1, 0.15) is 6.20 Å². The van der Waals surface area contributed by atoms with Gasteiger partial charge in [0, 0.05) is 37.3 Å². The van der Waals surface area contributed by atoms with Gasteiger partial charge in [-0.3, -0.25) is 4.90 Å². The molecule has 1 fully saturated rings. The van der Waals surface area contributed by atoms with Crippen molar-refractivity contribution in [1.29, 1.82) is 0 Å². The maximum Gasteiger partial charge on any atom is 0.419 e. The third-order valence-corrected chi connectivity index (χ3v) is 3.98. The summed E-state index contributed by atoms with van der Waals surface area (Å²) in [6.07, 6.45) is 2.84. The first-order valence-electron chi connectivity index (χ1n) is 7.00. The number of hydrogen-bond donors (Lipinski definition) is 0. The van der Waals surface area contributed by atoms with Crippen LogP contribution in [0.5, 0.6) is 0 Å². The molecule has 0 aliphatic carbocycles. The van der Waals surface area contributed by atoms with E-state index in [0.717, 1.165) is 44.0 Å². The molecular weight excluding hydrogens is 279 g/mol. The van der Waals surface area contributed by atoms with Crippen LogP contribution in [0.25, 0.3) is 0 Å². The summed E-state index contributed by atoms with van der Waals surface area (Å²) in [5.41, 5.74) is -0.645. The molecule has 112 valence electrons. The monoisotopic (exact) mass is 296 g/mol. The summed E-state index contributed by atoms with van der Waals surface area (Å²) in [5.74, 6) is 0.744. The zero-order chi connectivity index (χ0) is 14.9. The van der Waals surface area contributed by atoms with Crippen LogP contribution in [-0.4, -0.2) is 17.7 Å². The fourth-order valence-electron chi connectivity index (χ4n) is 2.79. The zero-order valence-electron chi connectivity index (χ0n) is 11.5. The van der Waals surface area contributed by atoms with Crippen LogP contribution >= 0.6 is 0 Å². The minimum absolute atomic E-state index is 0.477. The Balaban J connectivity index is 1.64. The van der Waals surface area contributed by atoms with Crippen LogP contribution in [0.3, 0.4) is 0 Å². The van der Waals surface area contributed by atoms with Gasteiger partial charge >= 0.3 is 6.18 Å². The molecule has 2 aromatic rings. The van der Waals surface area contributed by atoms with E-state index in [0.29, 0.717) is 6.04 Å². The third-order valence-electron chi connectivity index (χ3n) is 3.98. The maximum atomic E-state index is 12.5.